The quantitative estimate of drug-likeness (QED) is 0.841. The van der Waals surface area contributed by atoms with E-state index in [0.29, 0.717) is 6.42 Å². The highest BCUT2D eigenvalue weighted by Gasteiger charge is 2.57. The number of fused-ring (bicyclic) bond motifs is 2. The van der Waals surface area contributed by atoms with Gasteiger partial charge in [-0.05, 0) is 42.8 Å². The van der Waals surface area contributed by atoms with Crippen molar-refractivity contribution in [1.29, 1.82) is 0 Å². The van der Waals surface area contributed by atoms with E-state index >= 15 is 0 Å². The number of aliphatic hydroxyl groups is 1. The summed E-state index contributed by atoms with van der Waals surface area (Å²) in [4.78, 5) is 17.1. The lowest BCUT2D eigenvalue weighted by molar-refractivity contribution is -0.137. The van der Waals surface area contributed by atoms with Gasteiger partial charge in [0.1, 0.15) is 0 Å². The fourth-order valence-corrected chi connectivity index (χ4v) is 4.22. The number of amides is 1. The molecular weight excluding hydrogens is 373 g/mol. The van der Waals surface area contributed by atoms with Crippen LogP contribution in [-0.4, -0.2) is 34.3 Å². The topological polar surface area (TPSA) is 71.5 Å². The fraction of sp³-hybridized carbons (Fsp3) is 0.400. The van der Waals surface area contributed by atoms with Gasteiger partial charge >= 0.3 is 6.18 Å². The molecule has 0 aliphatic carbocycles. The van der Waals surface area contributed by atoms with Crippen molar-refractivity contribution < 1.29 is 27.8 Å². The lowest BCUT2D eigenvalue weighted by atomic mass is 9.74. The SMILES string of the molecule is Cc1cc([C@@H]2[C@H](C(=O)Nc3cccc(C(F)(F)F)c3)[C@@H]3O[C@H]2C[C@H]3O)ccn1. The molecule has 4 rings (SSSR count). The molecule has 28 heavy (non-hydrogen) atoms. The standard InChI is InChI=1S/C20H19F3N2O3/c1-10-7-11(5-6-24-10)16-15-9-14(26)18(28-15)17(16)19(27)25-13-4-2-3-12(8-13)20(21,22)23/h2-8,14-18,26H,9H2,1H3,(H,25,27)/t14-,15+,16+,17+,18-/m1/s1. The van der Waals surface area contributed by atoms with E-state index in [1.165, 1.54) is 12.1 Å². The fourth-order valence-electron chi connectivity index (χ4n) is 4.22. The molecule has 148 valence electrons. The third-order valence-corrected chi connectivity index (χ3v) is 5.39. The number of halogens is 3. The molecule has 1 aromatic heterocycles. The summed E-state index contributed by atoms with van der Waals surface area (Å²) in [6.45, 7) is 1.84. The maximum Gasteiger partial charge on any atom is 0.416 e. The molecule has 2 aromatic rings. The minimum atomic E-state index is -4.50. The minimum absolute atomic E-state index is 0.0572. The smallest absolute Gasteiger partial charge is 0.390 e. The molecule has 2 saturated heterocycles. The van der Waals surface area contributed by atoms with Gasteiger partial charge < -0.3 is 15.2 Å². The highest BCUT2D eigenvalue weighted by molar-refractivity contribution is 5.94. The van der Waals surface area contributed by atoms with Crippen LogP contribution in [-0.2, 0) is 15.7 Å². The summed E-state index contributed by atoms with van der Waals surface area (Å²) < 4.78 is 44.6. The molecule has 0 unspecified atom stereocenters. The number of nitrogens with zero attached hydrogens (tertiary/aromatic N) is 1. The molecule has 2 bridgehead atoms. The van der Waals surface area contributed by atoms with Crippen LogP contribution in [0.1, 0.15) is 29.2 Å². The molecule has 3 heterocycles. The Labute approximate surface area is 159 Å². The molecule has 0 saturated carbocycles. The number of hydrogen-bond acceptors (Lipinski definition) is 4. The largest absolute Gasteiger partial charge is 0.416 e. The van der Waals surface area contributed by atoms with Gasteiger partial charge in [0.05, 0.1) is 29.8 Å². The van der Waals surface area contributed by atoms with Gasteiger partial charge in [0.15, 0.2) is 0 Å². The van der Waals surface area contributed by atoms with E-state index < -0.39 is 35.8 Å². The Morgan fingerprint density at radius 2 is 2.07 bits per heavy atom. The molecule has 1 aromatic carbocycles. The minimum Gasteiger partial charge on any atom is -0.390 e. The Bertz CT molecular complexity index is 902. The van der Waals surface area contributed by atoms with Crippen molar-refractivity contribution in [3.8, 4) is 0 Å². The van der Waals surface area contributed by atoms with E-state index in [4.69, 9.17) is 4.74 Å². The normalized spacial score (nSPS) is 29.1. The number of alkyl halides is 3. The summed E-state index contributed by atoms with van der Waals surface area (Å²) in [6, 6.07) is 8.17. The van der Waals surface area contributed by atoms with Crippen molar-refractivity contribution in [3.63, 3.8) is 0 Å². The summed E-state index contributed by atoms with van der Waals surface area (Å²) in [7, 11) is 0. The molecule has 2 aliphatic rings. The van der Waals surface area contributed by atoms with E-state index in [-0.39, 0.29) is 17.7 Å². The molecule has 8 heteroatoms. The zero-order valence-electron chi connectivity index (χ0n) is 15.0. The van der Waals surface area contributed by atoms with E-state index in [1.807, 2.05) is 13.0 Å². The monoisotopic (exact) mass is 392 g/mol. The van der Waals surface area contributed by atoms with Crippen molar-refractivity contribution in [2.24, 2.45) is 5.92 Å². The molecule has 2 fully saturated rings. The molecule has 0 radical (unpaired) electrons. The number of benzene rings is 1. The van der Waals surface area contributed by atoms with E-state index in [0.717, 1.165) is 23.4 Å². The van der Waals surface area contributed by atoms with Crippen molar-refractivity contribution in [3.05, 3.63) is 59.4 Å². The van der Waals surface area contributed by atoms with Crippen LogP contribution in [0, 0.1) is 12.8 Å². The second kappa shape index (κ2) is 6.86. The van der Waals surface area contributed by atoms with Crippen molar-refractivity contribution >= 4 is 11.6 Å². The van der Waals surface area contributed by atoms with Crippen LogP contribution in [0.3, 0.4) is 0 Å². The maximum atomic E-state index is 13.0. The number of rotatable bonds is 3. The van der Waals surface area contributed by atoms with Crippen LogP contribution in [0.5, 0.6) is 0 Å². The third kappa shape index (κ3) is 3.38. The number of carbonyl (C=O) groups is 1. The summed E-state index contributed by atoms with van der Waals surface area (Å²) >= 11 is 0. The Morgan fingerprint density at radius 3 is 2.79 bits per heavy atom. The Morgan fingerprint density at radius 1 is 1.29 bits per heavy atom. The zero-order chi connectivity index (χ0) is 20.1. The molecule has 5 nitrogen and oxygen atoms in total. The van der Waals surface area contributed by atoms with E-state index in [9.17, 15) is 23.1 Å². The summed E-state index contributed by atoms with van der Waals surface area (Å²) in [5.41, 5.74) is 0.881. The van der Waals surface area contributed by atoms with Crippen LogP contribution >= 0.6 is 0 Å². The number of anilines is 1. The molecular formula is C20H19F3N2O3. The lowest BCUT2D eigenvalue weighted by Gasteiger charge is -2.30. The van der Waals surface area contributed by atoms with Gasteiger partial charge in [0, 0.05) is 29.9 Å². The molecule has 0 spiro atoms. The second-order valence-electron chi connectivity index (χ2n) is 7.29. The Kier molecular flexibility index (Phi) is 4.63. The van der Waals surface area contributed by atoms with Gasteiger partial charge in [-0.3, -0.25) is 9.78 Å². The van der Waals surface area contributed by atoms with Gasteiger partial charge in [0.2, 0.25) is 5.91 Å². The molecule has 1 amide bonds. The lowest BCUT2D eigenvalue weighted by Crippen LogP contribution is -2.42. The van der Waals surface area contributed by atoms with Crippen LogP contribution in [0.25, 0.3) is 0 Å². The van der Waals surface area contributed by atoms with Gasteiger partial charge in [-0.25, -0.2) is 0 Å². The number of aryl methyl sites for hydroxylation is 1. The van der Waals surface area contributed by atoms with Crippen LogP contribution in [0.15, 0.2) is 42.6 Å². The molecule has 2 N–H and O–H groups in total. The van der Waals surface area contributed by atoms with Crippen molar-refractivity contribution in [1.82, 2.24) is 4.98 Å². The van der Waals surface area contributed by atoms with Crippen LogP contribution in [0.2, 0.25) is 0 Å². The number of pyridine rings is 1. The number of aliphatic hydroxyl groups excluding tert-OH is 1. The van der Waals surface area contributed by atoms with E-state index in [2.05, 4.69) is 10.3 Å². The first-order valence-corrected chi connectivity index (χ1v) is 8.98. The number of hydrogen-bond donors (Lipinski definition) is 2. The Hall–Kier alpha value is -2.45. The van der Waals surface area contributed by atoms with E-state index in [1.54, 1.807) is 12.3 Å². The average molecular weight is 392 g/mol. The third-order valence-electron chi connectivity index (χ3n) is 5.39. The first-order valence-electron chi connectivity index (χ1n) is 8.98. The zero-order valence-corrected chi connectivity index (χ0v) is 15.0. The molecule has 5 atom stereocenters. The van der Waals surface area contributed by atoms with Crippen LogP contribution in [0.4, 0.5) is 18.9 Å². The number of carbonyl (C=O) groups excluding carboxylic acids is 1. The predicted octanol–water partition coefficient (Wildman–Crippen LogP) is 3.28. The highest BCUT2D eigenvalue weighted by Crippen LogP contribution is 2.49. The van der Waals surface area contributed by atoms with Gasteiger partial charge in [0.25, 0.3) is 0 Å². The van der Waals surface area contributed by atoms with Crippen molar-refractivity contribution in [2.45, 2.75) is 43.8 Å². The first-order chi connectivity index (χ1) is 13.2. The van der Waals surface area contributed by atoms with Crippen LogP contribution < -0.4 is 5.32 Å². The number of aromatic nitrogens is 1. The maximum absolute atomic E-state index is 13.0. The summed E-state index contributed by atoms with van der Waals surface area (Å²) in [5.74, 6) is -1.46. The average Bonchev–Trinajstić information content (AvgIpc) is 3.18. The van der Waals surface area contributed by atoms with Gasteiger partial charge in [-0.2, -0.15) is 13.2 Å². The van der Waals surface area contributed by atoms with Gasteiger partial charge in [-0.15, -0.1) is 0 Å². The highest BCUT2D eigenvalue weighted by atomic mass is 19.4. The first kappa shape index (κ1) is 18.9. The summed E-state index contributed by atoms with van der Waals surface area (Å²) in [6.07, 6.45) is -4.21. The predicted molar refractivity (Wildman–Crippen MR) is 94.6 cm³/mol. The van der Waals surface area contributed by atoms with Crippen molar-refractivity contribution in [2.75, 3.05) is 5.32 Å². The summed E-state index contributed by atoms with van der Waals surface area (Å²) in [5, 5.41) is 12.8. The second-order valence-corrected chi connectivity index (χ2v) is 7.29. The number of ether oxygens (including phenoxy) is 1. The Balaban J connectivity index is 1.61. The number of nitrogens with one attached hydrogen (secondary N) is 1. The van der Waals surface area contributed by atoms with Gasteiger partial charge in [-0.1, -0.05) is 6.07 Å². The molecule has 2 aliphatic heterocycles.